The van der Waals surface area contributed by atoms with Gasteiger partial charge in [-0.05, 0) is 61.5 Å². The molecule has 0 bridgehead atoms. The fourth-order valence-electron chi connectivity index (χ4n) is 2.05. The summed E-state index contributed by atoms with van der Waals surface area (Å²) in [6, 6.07) is 9.69. The second kappa shape index (κ2) is 8.33. The zero-order chi connectivity index (χ0) is 16.7. The topological polar surface area (TPSA) is 55.4 Å². The molecular weight excluding hydrogens is 310 g/mol. The highest BCUT2D eigenvalue weighted by atomic mass is 32.1. The smallest absolute Gasteiger partial charge is 0.172 e. The van der Waals surface area contributed by atoms with Gasteiger partial charge >= 0.3 is 0 Å². The Morgan fingerprint density at radius 3 is 2.74 bits per heavy atom. The van der Waals surface area contributed by atoms with Gasteiger partial charge in [0.15, 0.2) is 16.6 Å². The highest BCUT2D eigenvalue weighted by Gasteiger charge is 2.06. The Balaban J connectivity index is 1.94. The summed E-state index contributed by atoms with van der Waals surface area (Å²) in [7, 11) is 1.63. The summed E-state index contributed by atoms with van der Waals surface area (Å²) in [4.78, 5) is 4.22. The third kappa shape index (κ3) is 5.10. The van der Waals surface area contributed by atoms with Crippen LogP contribution >= 0.6 is 12.2 Å². The summed E-state index contributed by atoms with van der Waals surface area (Å²) in [5.41, 5.74) is 2.18. The van der Waals surface area contributed by atoms with Gasteiger partial charge in [-0.3, -0.25) is 0 Å². The van der Waals surface area contributed by atoms with Gasteiger partial charge in [0, 0.05) is 12.7 Å². The Bertz CT molecular complexity index is 677. The van der Waals surface area contributed by atoms with E-state index in [1.807, 2.05) is 44.2 Å². The van der Waals surface area contributed by atoms with E-state index in [9.17, 15) is 0 Å². The van der Waals surface area contributed by atoms with E-state index >= 15 is 0 Å². The van der Waals surface area contributed by atoms with E-state index in [4.69, 9.17) is 21.7 Å². The second-order valence-corrected chi connectivity index (χ2v) is 5.35. The fraction of sp³-hybridized carbons (Fsp3) is 0.294. The molecule has 2 N–H and O–H groups in total. The first-order valence-electron chi connectivity index (χ1n) is 7.39. The van der Waals surface area contributed by atoms with Crippen molar-refractivity contribution in [2.45, 2.75) is 20.4 Å². The Labute approximate surface area is 142 Å². The largest absolute Gasteiger partial charge is 0.493 e. The fourth-order valence-corrected chi connectivity index (χ4v) is 2.22. The number of ether oxygens (including phenoxy) is 2. The van der Waals surface area contributed by atoms with E-state index in [0.29, 0.717) is 18.3 Å². The van der Waals surface area contributed by atoms with E-state index < -0.39 is 0 Å². The lowest BCUT2D eigenvalue weighted by Gasteiger charge is -2.13. The van der Waals surface area contributed by atoms with Crippen LogP contribution in [0.5, 0.6) is 11.5 Å². The molecule has 0 atom stereocenters. The average molecular weight is 331 g/mol. The zero-order valence-corrected chi connectivity index (χ0v) is 14.4. The van der Waals surface area contributed by atoms with E-state index in [2.05, 4.69) is 15.6 Å². The van der Waals surface area contributed by atoms with E-state index in [-0.39, 0.29) is 0 Å². The van der Waals surface area contributed by atoms with Crippen LogP contribution in [-0.4, -0.2) is 23.8 Å². The molecule has 0 aliphatic heterocycles. The number of anilines is 1. The number of hydrogen-bond acceptors (Lipinski definition) is 4. The molecule has 1 aromatic carbocycles. The standard InChI is InChI=1S/C17H21N3O2S/c1-4-22-15-10-13(5-6-14(15)21-3)11-19-17(23)20-16-9-12(2)7-8-18-16/h5-10H,4,11H2,1-3H3,(H2,18,19,20,23). The Morgan fingerprint density at radius 2 is 2.04 bits per heavy atom. The van der Waals surface area contributed by atoms with Gasteiger partial charge in [0.25, 0.3) is 0 Å². The number of aryl methyl sites for hydroxylation is 1. The van der Waals surface area contributed by atoms with E-state index in [1.54, 1.807) is 13.3 Å². The maximum atomic E-state index is 5.57. The van der Waals surface area contributed by atoms with Gasteiger partial charge < -0.3 is 20.1 Å². The first-order valence-corrected chi connectivity index (χ1v) is 7.80. The SMILES string of the molecule is CCOc1cc(CNC(=S)Nc2cc(C)ccn2)ccc1OC. The minimum Gasteiger partial charge on any atom is -0.493 e. The zero-order valence-electron chi connectivity index (χ0n) is 13.6. The van der Waals surface area contributed by atoms with Crippen molar-refractivity contribution in [3.8, 4) is 11.5 Å². The molecule has 1 aromatic heterocycles. The molecule has 0 amide bonds. The van der Waals surface area contributed by atoms with Crippen molar-refractivity contribution in [2.24, 2.45) is 0 Å². The third-order valence-electron chi connectivity index (χ3n) is 3.14. The third-order valence-corrected chi connectivity index (χ3v) is 3.38. The predicted octanol–water partition coefficient (Wildman–Crippen LogP) is 3.28. The second-order valence-electron chi connectivity index (χ2n) is 4.94. The number of methoxy groups -OCH3 is 1. The highest BCUT2D eigenvalue weighted by Crippen LogP contribution is 2.27. The van der Waals surface area contributed by atoms with Crippen molar-refractivity contribution in [3.63, 3.8) is 0 Å². The first-order chi connectivity index (χ1) is 11.1. The summed E-state index contributed by atoms with van der Waals surface area (Å²) in [6.45, 7) is 5.13. The summed E-state index contributed by atoms with van der Waals surface area (Å²) in [6.07, 6.45) is 1.75. The first kappa shape index (κ1) is 17.0. The minimum atomic E-state index is 0.525. The summed E-state index contributed by atoms with van der Waals surface area (Å²) in [5, 5.41) is 6.75. The minimum absolute atomic E-state index is 0.525. The molecule has 0 aliphatic carbocycles. The maximum absolute atomic E-state index is 5.57. The molecule has 0 radical (unpaired) electrons. The molecule has 0 aliphatic rings. The number of nitrogens with zero attached hydrogens (tertiary/aromatic N) is 1. The van der Waals surface area contributed by atoms with Gasteiger partial charge in [-0.2, -0.15) is 0 Å². The molecule has 0 saturated heterocycles. The van der Waals surface area contributed by atoms with Crippen molar-refractivity contribution in [1.82, 2.24) is 10.3 Å². The van der Waals surface area contributed by atoms with Gasteiger partial charge in [0.2, 0.25) is 0 Å². The average Bonchev–Trinajstić information content (AvgIpc) is 2.53. The van der Waals surface area contributed by atoms with Crippen LogP contribution < -0.4 is 20.1 Å². The number of rotatable bonds is 6. The summed E-state index contributed by atoms with van der Waals surface area (Å²) in [5.74, 6) is 2.18. The van der Waals surface area contributed by atoms with Crippen molar-refractivity contribution >= 4 is 23.1 Å². The van der Waals surface area contributed by atoms with Crippen LogP contribution in [0.3, 0.4) is 0 Å². The van der Waals surface area contributed by atoms with Crippen LogP contribution in [0.1, 0.15) is 18.1 Å². The molecule has 122 valence electrons. The Hall–Kier alpha value is -2.34. The number of nitrogens with one attached hydrogen (secondary N) is 2. The molecule has 0 fully saturated rings. The summed E-state index contributed by atoms with van der Waals surface area (Å²) < 4.78 is 10.8. The highest BCUT2D eigenvalue weighted by molar-refractivity contribution is 7.80. The van der Waals surface area contributed by atoms with E-state index in [0.717, 1.165) is 28.4 Å². The lowest BCUT2D eigenvalue weighted by atomic mass is 10.2. The van der Waals surface area contributed by atoms with Crippen LogP contribution in [0.25, 0.3) is 0 Å². The quantitative estimate of drug-likeness (QED) is 0.792. The Kier molecular flexibility index (Phi) is 6.17. The van der Waals surface area contributed by atoms with Crippen molar-refractivity contribution in [3.05, 3.63) is 47.7 Å². The van der Waals surface area contributed by atoms with Crippen LogP contribution in [0.2, 0.25) is 0 Å². The van der Waals surface area contributed by atoms with Gasteiger partial charge in [-0.15, -0.1) is 0 Å². The van der Waals surface area contributed by atoms with Crippen molar-refractivity contribution in [2.75, 3.05) is 19.0 Å². The molecule has 5 nitrogen and oxygen atoms in total. The van der Waals surface area contributed by atoms with Crippen LogP contribution in [0.15, 0.2) is 36.5 Å². The molecule has 0 spiro atoms. The van der Waals surface area contributed by atoms with Crippen molar-refractivity contribution < 1.29 is 9.47 Å². The number of thiocarbonyl (C=S) groups is 1. The molecule has 2 aromatic rings. The number of pyridine rings is 1. The van der Waals surface area contributed by atoms with Crippen LogP contribution in [0.4, 0.5) is 5.82 Å². The molecule has 0 saturated carbocycles. The maximum Gasteiger partial charge on any atom is 0.172 e. The predicted molar refractivity (Wildman–Crippen MR) is 96.2 cm³/mol. The number of aromatic nitrogens is 1. The Morgan fingerprint density at radius 1 is 1.22 bits per heavy atom. The van der Waals surface area contributed by atoms with Gasteiger partial charge in [0.05, 0.1) is 13.7 Å². The molecule has 2 rings (SSSR count). The van der Waals surface area contributed by atoms with Gasteiger partial charge in [-0.25, -0.2) is 4.98 Å². The van der Waals surface area contributed by atoms with Crippen molar-refractivity contribution in [1.29, 1.82) is 0 Å². The normalized spacial score (nSPS) is 10.0. The molecule has 1 heterocycles. The summed E-state index contributed by atoms with van der Waals surface area (Å²) >= 11 is 5.29. The van der Waals surface area contributed by atoms with Crippen LogP contribution in [-0.2, 0) is 6.54 Å². The monoisotopic (exact) mass is 331 g/mol. The van der Waals surface area contributed by atoms with E-state index in [1.165, 1.54) is 0 Å². The van der Waals surface area contributed by atoms with Gasteiger partial charge in [0.1, 0.15) is 5.82 Å². The number of benzene rings is 1. The lowest BCUT2D eigenvalue weighted by Crippen LogP contribution is -2.28. The number of hydrogen-bond donors (Lipinski definition) is 2. The molecule has 0 unspecified atom stereocenters. The lowest BCUT2D eigenvalue weighted by molar-refractivity contribution is 0.310. The molecule has 6 heteroatoms. The molecule has 23 heavy (non-hydrogen) atoms. The van der Waals surface area contributed by atoms with Crippen LogP contribution in [0, 0.1) is 6.92 Å². The van der Waals surface area contributed by atoms with Gasteiger partial charge in [-0.1, -0.05) is 6.07 Å². The molecular formula is C17H21N3O2S.